The molecule has 4 nitrogen and oxygen atoms in total. The normalized spacial score (nSPS) is 16.7. The van der Waals surface area contributed by atoms with Crippen molar-refractivity contribution >= 4 is 28.3 Å². The summed E-state index contributed by atoms with van der Waals surface area (Å²) in [6, 6.07) is 19.4. The van der Waals surface area contributed by atoms with Crippen LogP contribution in [0.3, 0.4) is 0 Å². The van der Waals surface area contributed by atoms with Crippen molar-refractivity contribution in [2.24, 2.45) is 0 Å². The first-order valence-electron chi connectivity index (χ1n) is 9.19. The molecular formula is C23H22N2O2. The Hall–Kier alpha value is -3.14. The minimum Gasteiger partial charge on any atom is -0.347 e. The number of amides is 2. The smallest absolute Gasteiger partial charge is 0.252 e. The van der Waals surface area contributed by atoms with Crippen molar-refractivity contribution in [3.05, 3.63) is 77.4 Å². The van der Waals surface area contributed by atoms with Crippen molar-refractivity contribution in [1.82, 2.24) is 5.32 Å². The quantitative estimate of drug-likeness (QED) is 0.770. The molecule has 0 spiro atoms. The second kappa shape index (κ2) is 6.88. The molecule has 3 aromatic carbocycles. The van der Waals surface area contributed by atoms with Gasteiger partial charge in [0.05, 0.1) is 6.04 Å². The zero-order valence-corrected chi connectivity index (χ0v) is 15.5. The van der Waals surface area contributed by atoms with Gasteiger partial charge in [-0.25, -0.2) is 0 Å². The number of benzene rings is 3. The maximum Gasteiger partial charge on any atom is 0.252 e. The van der Waals surface area contributed by atoms with E-state index >= 15 is 0 Å². The van der Waals surface area contributed by atoms with Crippen LogP contribution in [0.1, 0.15) is 27.9 Å². The highest BCUT2D eigenvalue weighted by molar-refractivity contribution is 6.07. The third-order valence-corrected chi connectivity index (χ3v) is 5.30. The molecule has 1 atom stereocenters. The minimum atomic E-state index is -0.189. The number of carbonyl (C=O) groups excluding carboxylic acids is 2. The molecule has 0 bridgehead atoms. The fourth-order valence-electron chi connectivity index (χ4n) is 3.63. The lowest BCUT2D eigenvalue weighted by Gasteiger charge is -2.18. The van der Waals surface area contributed by atoms with Crippen LogP contribution in [0.2, 0.25) is 0 Å². The highest BCUT2D eigenvalue weighted by Gasteiger charge is 2.32. The molecule has 4 heteroatoms. The predicted octanol–water partition coefficient (Wildman–Crippen LogP) is 3.99. The molecule has 3 aromatic rings. The van der Waals surface area contributed by atoms with Gasteiger partial charge in [0, 0.05) is 24.2 Å². The Kier molecular flexibility index (Phi) is 4.40. The summed E-state index contributed by atoms with van der Waals surface area (Å²) in [7, 11) is 0. The van der Waals surface area contributed by atoms with Crippen LogP contribution in [0, 0.1) is 13.8 Å². The Morgan fingerprint density at radius 3 is 2.59 bits per heavy atom. The fourth-order valence-corrected chi connectivity index (χ4v) is 3.63. The van der Waals surface area contributed by atoms with Crippen molar-refractivity contribution in [3.8, 4) is 0 Å². The van der Waals surface area contributed by atoms with Gasteiger partial charge in [-0.3, -0.25) is 9.59 Å². The molecule has 1 unspecified atom stereocenters. The van der Waals surface area contributed by atoms with Gasteiger partial charge in [-0.15, -0.1) is 0 Å². The fraction of sp³-hybridized carbons (Fsp3) is 0.217. The molecule has 136 valence electrons. The third kappa shape index (κ3) is 3.31. The van der Waals surface area contributed by atoms with Crippen molar-refractivity contribution in [2.75, 3.05) is 11.4 Å². The van der Waals surface area contributed by atoms with Crippen LogP contribution in [-0.4, -0.2) is 24.4 Å². The maximum atomic E-state index is 12.8. The summed E-state index contributed by atoms with van der Waals surface area (Å²) < 4.78 is 0. The third-order valence-electron chi connectivity index (χ3n) is 5.30. The monoisotopic (exact) mass is 358 g/mol. The standard InChI is InChI=1S/C23H22N2O2/c1-15-10-11-19(12-16(15)2)25-14-18(13-22(25)26)24-23(27)21-9-5-7-17-6-3-4-8-20(17)21/h3-12,18H,13-14H2,1-2H3,(H,24,27). The summed E-state index contributed by atoms with van der Waals surface area (Å²) in [6.07, 6.45) is 0.323. The van der Waals surface area contributed by atoms with E-state index in [9.17, 15) is 9.59 Å². The zero-order valence-electron chi connectivity index (χ0n) is 15.5. The largest absolute Gasteiger partial charge is 0.347 e. The first-order chi connectivity index (χ1) is 13.0. The molecule has 1 N–H and O–H groups in total. The van der Waals surface area contributed by atoms with Gasteiger partial charge in [-0.05, 0) is 53.9 Å². The number of rotatable bonds is 3. The Bertz CT molecular complexity index is 1040. The van der Waals surface area contributed by atoms with Gasteiger partial charge in [0.1, 0.15) is 0 Å². The van der Waals surface area contributed by atoms with E-state index in [2.05, 4.69) is 12.2 Å². The molecule has 2 amide bonds. The molecule has 1 saturated heterocycles. The summed E-state index contributed by atoms with van der Waals surface area (Å²) in [5.41, 5.74) is 3.89. The number of nitrogens with zero attached hydrogens (tertiary/aromatic N) is 1. The van der Waals surface area contributed by atoms with E-state index in [1.807, 2.05) is 67.6 Å². The van der Waals surface area contributed by atoms with Crippen LogP contribution >= 0.6 is 0 Å². The topological polar surface area (TPSA) is 49.4 Å². The van der Waals surface area contributed by atoms with E-state index in [-0.39, 0.29) is 17.9 Å². The average Bonchev–Trinajstić information content (AvgIpc) is 3.03. The summed E-state index contributed by atoms with van der Waals surface area (Å²) >= 11 is 0. The van der Waals surface area contributed by atoms with Crippen LogP contribution in [0.25, 0.3) is 10.8 Å². The van der Waals surface area contributed by atoms with Crippen LogP contribution in [0.15, 0.2) is 60.7 Å². The lowest BCUT2D eigenvalue weighted by Crippen LogP contribution is -2.37. The van der Waals surface area contributed by atoms with Crippen molar-refractivity contribution in [2.45, 2.75) is 26.3 Å². The maximum absolute atomic E-state index is 12.8. The van der Waals surface area contributed by atoms with E-state index in [1.165, 1.54) is 5.56 Å². The first-order valence-corrected chi connectivity index (χ1v) is 9.19. The van der Waals surface area contributed by atoms with Crippen LogP contribution in [0.5, 0.6) is 0 Å². The van der Waals surface area contributed by atoms with Crippen molar-refractivity contribution in [1.29, 1.82) is 0 Å². The number of hydrogen-bond acceptors (Lipinski definition) is 2. The SMILES string of the molecule is Cc1ccc(N2CC(NC(=O)c3cccc4ccccc34)CC2=O)cc1C. The molecule has 1 aliphatic heterocycles. The van der Waals surface area contributed by atoms with E-state index in [4.69, 9.17) is 0 Å². The molecule has 0 saturated carbocycles. The number of anilines is 1. The molecule has 1 fully saturated rings. The van der Waals surface area contributed by atoms with E-state index in [1.54, 1.807) is 4.90 Å². The van der Waals surface area contributed by atoms with Crippen LogP contribution < -0.4 is 10.2 Å². The number of fused-ring (bicyclic) bond motifs is 1. The molecule has 1 heterocycles. The molecule has 0 aromatic heterocycles. The predicted molar refractivity (Wildman–Crippen MR) is 108 cm³/mol. The van der Waals surface area contributed by atoms with Gasteiger partial charge in [0.15, 0.2) is 0 Å². The highest BCUT2D eigenvalue weighted by Crippen LogP contribution is 2.25. The Morgan fingerprint density at radius 2 is 1.78 bits per heavy atom. The van der Waals surface area contributed by atoms with E-state index < -0.39 is 0 Å². The Morgan fingerprint density at radius 1 is 1.00 bits per heavy atom. The number of nitrogens with one attached hydrogen (secondary N) is 1. The van der Waals surface area contributed by atoms with Gasteiger partial charge in [0.25, 0.3) is 5.91 Å². The van der Waals surface area contributed by atoms with Gasteiger partial charge >= 0.3 is 0 Å². The molecular weight excluding hydrogens is 336 g/mol. The highest BCUT2D eigenvalue weighted by atomic mass is 16.2. The lowest BCUT2D eigenvalue weighted by atomic mass is 10.0. The van der Waals surface area contributed by atoms with Crippen LogP contribution in [0.4, 0.5) is 5.69 Å². The molecule has 1 aliphatic rings. The van der Waals surface area contributed by atoms with Gasteiger partial charge < -0.3 is 10.2 Å². The number of carbonyl (C=O) groups is 2. The minimum absolute atomic E-state index is 0.0430. The molecule has 4 rings (SSSR count). The number of aryl methyl sites for hydroxylation is 2. The lowest BCUT2D eigenvalue weighted by molar-refractivity contribution is -0.117. The first kappa shape index (κ1) is 17.3. The summed E-state index contributed by atoms with van der Waals surface area (Å²) in [5.74, 6) is -0.0898. The molecule has 0 aliphatic carbocycles. The second-order valence-electron chi connectivity index (χ2n) is 7.17. The average molecular weight is 358 g/mol. The molecule has 0 radical (unpaired) electrons. The summed E-state index contributed by atoms with van der Waals surface area (Å²) in [4.78, 5) is 27.1. The van der Waals surface area contributed by atoms with Gasteiger partial charge in [-0.1, -0.05) is 42.5 Å². The zero-order chi connectivity index (χ0) is 19.0. The summed E-state index contributed by atoms with van der Waals surface area (Å²) in [6.45, 7) is 4.59. The molecule has 27 heavy (non-hydrogen) atoms. The Labute approximate surface area is 158 Å². The number of hydrogen-bond donors (Lipinski definition) is 1. The van der Waals surface area contributed by atoms with Crippen LogP contribution in [-0.2, 0) is 4.79 Å². The second-order valence-corrected chi connectivity index (χ2v) is 7.17. The Balaban J connectivity index is 1.52. The van der Waals surface area contributed by atoms with Gasteiger partial charge in [0.2, 0.25) is 5.91 Å². The van der Waals surface area contributed by atoms with E-state index in [0.717, 1.165) is 22.0 Å². The van der Waals surface area contributed by atoms with Crippen molar-refractivity contribution < 1.29 is 9.59 Å². The van der Waals surface area contributed by atoms with E-state index in [0.29, 0.717) is 18.5 Å². The van der Waals surface area contributed by atoms with Gasteiger partial charge in [-0.2, -0.15) is 0 Å². The van der Waals surface area contributed by atoms with Crippen molar-refractivity contribution in [3.63, 3.8) is 0 Å². The summed E-state index contributed by atoms with van der Waals surface area (Å²) in [5, 5.41) is 5.00.